The molecular weight excluding hydrogens is 316 g/mol. The second-order valence-corrected chi connectivity index (χ2v) is 8.71. The number of hydrogen-bond acceptors (Lipinski definition) is 4. The molecule has 3 atom stereocenters. The predicted molar refractivity (Wildman–Crippen MR) is 92.4 cm³/mol. The molecular formula is C16H24N2O2S2. The first-order valence-corrected chi connectivity index (χ1v) is 9.88. The quantitative estimate of drug-likeness (QED) is 0.783. The average molecular weight is 341 g/mol. The third-order valence-corrected chi connectivity index (χ3v) is 6.81. The van der Waals surface area contributed by atoms with Crippen molar-refractivity contribution in [1.82, 2.24) is 10.6 Å². The number of thioether (sulfide) groups is 1. The summed E-state index contributed by atoms with van der Waals surface area (Å²) >= 11 is 3.64. The molecule has 22 heavy (non-hydrogen) atoms. The van der Waals surface area contributed by atoms with Gasteiger partial charge < -0.3 is 15.4 Å². The third-order valence-electron chi connectivity index (χ3n) is 4.74. The summed E-state index contributed by atoms with van der Waals surface area (Å²) in [7, 11) is 0. The molecule has 1 aliphatic carbocycles. The minimum Gasteiger partial charge on any atom is -0.377 e. The minimum absolute atomic E-state index is 0.0415. The van der Waals surface area contributed by atoms with Gasteiger partial charge in [-0.25, -0.2) is 4.79 Å². The Morgan fingerprint density at radius 2 is 2.41 bits per heavy atom. The number of nitrogens with one attached hydrogen (secondary N) is 2. The normalized spacial score (nSPS) is 28.7. The molecule has 2 amide bonds. The van der Waals surface area contributed by atoms with Crippen LogP contribution in [0.5, 0.6) is 0 Å². The molecule has 0 spiro atoms. The van der Waals surface area contributed by atoms with E-state index in [1.807, 2.05) is 11.8 Å². The zero-order valence-corrected chi connectivity index (χ0v) is 14.8. The van der Waals surface area contributed by atoms with Crippen molar-refractivity contribution in [2.24, 2.45) is 11.3 Å². The second kappa shape index (κ2) is 6.81. The molecule has 0 unspecified atom stereocenters. The summed E-state index contributed by atoms with van der Waals surface area (Å²) in [6, 6.07) is 4.42. The van der Waals surface area contributed by atoms with Gasteiger partial charge in [-0.2, -0.15) is 11.8 Å². The Morgan fingerprint density at radius 1 is 1.55 bits per heavy atom. The Labute approximate surface area is 140 Å². The van der Waals surface area contributed by atoms with E-state index in [2.05, 4.69) is 42.0 Å². The van der Waals surface area contributed by atoms with Crippen LogP contribution in [0, 0.1) is 11.3 Å². The Bertz CT molecular complexity index is 504. The summed E-state index contributed by atoms with van der Waals surface area (Å²) in [5.41, 5.74) is 0.0480. The standard InChI is InChI=1S/C16H24N2O2S2/c1-16(2)13(12-5-7-20-14(12)16)18-15(19)17-6-9-21-10-11-4-3-8-22-11/h3-4,8,12-14H,5-7,9-10H2,1-2H3,(H2,17,18,19)/t12-,13-,14+/m1/s1. The molecule has 4 nitrogen and oxygen atoms in total. The lowest BCUT2D eigenvalue weighted by molar-refractivity contribution is -0.108. The fourth-order valence-electron chi connectivity index (χ4n) is 3.61. The van der Waals surface area contributed by atoms with Gasteiger partial charge in [0.05, 0.1) is 6.10 Å². The highest BCUT2D eigenvalue weighted by molar-refractivity contribution is 7.98. The number of fused-ring (bicyclic) bond motifs is 1. The van der Waals surface area contributed by atoms with E-state index in [1.165, 1.54) is 4.88 Å². The Morgan fingerprint density at radius 3 is 3.18 bits per heavy atom. The molecule has 1 aromatic rings. The van der Waals surface area contributed by atoms with Crippen molar-refractivity contribution in [2.75, 3.05) is 18.9 Å². The van der Waals surface area contributed by atoms with Gasteiger partial charge in [0.25, 0.3) is 0 Å². The van der Waals surface area contributed by atoms with Crippen LogP contribution in [0.15, 0.2) is 17.5 Å². The van der Waals surface area contributed by atoms with Gasteiger partial charge in [0.2, 0.25) is 0 Å². The first kappa shape index (κ1) is 16.1. The molecule has 2 heterocycles. The number of hydrogen-bond donors (Lipinski definition) is 2. The highest BCUT2D eigenvalue weighted by Crippen LogP contribution is 2.51. The van der Waals surface area contributed by atoms with Crippen LogP contribution in [0.1, 0.15) is 25.1 Å². The van der Waals surface area contributed by atoms with E-state index >= 15 is 0 Å². The summed E-state index contributed by atoms with van der Waals surface area (Å²) in [5.74, 6) is 2.46. The van der Waals surface area contributed by atoms with Crippen LogP contribution < -0.4 is 10.6 Å². The molecule has 122 valence electrons. The number of thiophene rings is 1. The maximum atomic E-state index is 12.0. The molecule has 1 aliphatic heterocycles. The van der Waals surface area contributed by atoms with Crippen LogP contribution >= 0.6 is 23.1 Å². The zero-order valence-electron chi connectivity index (χ0n) is 13.1. The lowest BCUT2D eigenvalue weighted by atomic mass is 9.57. The van der Waals surface area contributed by atoms with Gasteiger partial charge in [-0.05, 0) is 17.9 Å². The van der Waals surface area contributed by atoms with Crippen LogP contribution in [-0.4, -0.2) is 37.1 Å². The Balaban J connectivity index is 1.33. The van der Waals surface area contributed by atoms with Crippen LogP contribution in [0.3, 0.4) is 0 Å². The van der Waals surface area contributed by atoms with Gasteiger partial charge in [0, 0.05) is 46.9 Å². The number of urea groups is 1. The van der Waals surface area contributed by atoms with E-state index in [4.69, 9.17) is 4.74 Å². The monoisotopic (exact) mass is 340 g/mol. The Kier molecular flexibility index (Phi) is 5.00. The van der Waals surface area contributed by atoms with E-state index in [0.29, 0.717) is 18.6 Å². The molecule has 1 aromatic heterocycles. The van der Waals surface area contributed by atoms with Crippen molar-refractivity contribution in [3.63, 3.8) is 0 Å². The van der Waals surface area contributed by atoms with Crippen LogP contribution in [0.4, 0.5) is 4.79 Å². The smallest absolute Gasteiger partial charge is 0.315 e. The molecule has 0 radical (unpaired) electrons. The van der Waals surface area contributed by atoms with Crippen molar-refractivity contribution in [3.05, 3.63) is 22.4 Å². The average Bonchev–Trinajstić information content (AvgIpc) is 3.14. The van der Waals surface area contributed by atoms with E-state index in [0.717, 1.165) is 24.5 Å². The van der Waals surface area contributed by atoms with Gasteiger partial charge in [-0.15, -0.1) is 11.3 Å². The number of amides is 2. The van der Waals surface area contributed by atoms with E-state index in [-0.39, 0.29) is 17.5 Å². The SMILES string of the molecule is CC1(C)[C@H](NC(=O)NCCSCc2cccs2)[C@H]2CCO[C@@H]21. The summed E-state index contributed by atoms with van der Waals surface area (Å²) in [4.78, 5) is 13.4. The molecule has 2 fully saturated rings. The van der Waals surface area contributed by atoms with Gasteiger partial charge in [-0.3, -0.25) is 0 Å². The molecule has 2 aliphatic rings. The molecule has 0 aromatic carbocycles. The fraction of sp³-hybridized carbons (Fsp3) is 0.688. The number of carbonyl (C=O) groups excluding carboxylic acids is 1. The third kappa shape index (κ3) is 3.29. The predicted octanol–water partition coefficient (Wildman–Crippen LogP) is 3.09. The fourth-order valence-corrected chi connectivity index (χ4v) is 5.31. The summed E-state index contributed by atoms with van der Waals surface area (Å²) in [6.45, 7) is 5.90. The molecule has 0 bridgehead atoms. The van der Waals surface area contributed by atoms with Crippen molar-refractivity contribution >= 4 is 29.1 Å². The molecule has 3 rings (SSSR count). The van der Waals surface area contributed by atoms with Crippen LogP contribution in [0.2, 0.25) is 0 Å². The molecule has 6 heteroatoms. The summed E-state index contributed by atoms with van der Waals surface area (Å²) in [6.07, 6.45) is 1.38. The number of rotatable bonds is 6. The molecule has 1 saturated carbocycles. The maximum Gasteiger partial charge on any atom is 0.315 e. The summed E-state index contributed by atoms with van der Waals surface area (Å²) < 4.78 is 5.75. The van der Waals surface area contributed by atoms with E-state index in [9.17, 15) is 4.79 Å². The van der Waals surface area contributed by atoms with Gasteiger partial charge in [-0.1, -0.05) is 19.9 Å². The van der Waals surface area contributed by atoms with E-state index < -0.39 is 0 Å². The first-order valence-electron chi connectivity index (χ1n) is 7.85. The van der Waals surface area contributed by atoms with Crippen molar-refractivity contribution in [3.8, 4) is 0 Å². The van der Waals surface area contributed by atoms with Crippen molar-refractivity contribution < 1.29 is 9.53 Å². The van der Waals surface area contributed by atoms with E-state index in [1.54, 1.807) is 11.3 Å². The minimum atomic E-state index is -0.0415. The van der Waals surface area contributed by atoms with Crippen molar-refractivity contribution in [2.45, 2.75) is 38.2 Å². The first-order chi connectivity index (χ1) is 10.6. The molecule has 2 N–H and O–H groups in total. The molecule has 1 saturated heterocycles. The number of carbonyl (C=O) groups is 1. The van der Waals surface area contributed by atoms with Gasteiger partial charge >= 0.3 is 6.03 Å². The maximum absolute atomic E-state index is 12.0. The second-order valence-electron chi connectivity index (χ2n) is 6.58. The lowest BCUT2D eigenvalue weighted by Gasteiger charge is -2.54. The Hall–Kier alpha value is -0.720. The van der Waals surface area contributed by atoms with Crippen molar-refractivity contribution in [1.29, 1.82) is 0 Å². The lowest BCUT2D eigenvalue weighted by Crippen LogP contribution is -2.67. The van der Waals surface area contributed by atoms with Gasteiger partial charge in [0.1, 0.15) is 0 Å². The largest absolute Gasteiger partial charge is 0.377 e. The topological polar surface area (TPSA) is 50.4 Å². The van der Waals surface area contributed by atoms with Gasteiger partial charge in [0.15, 0.2) is 0 Å². The van der Waals surface area contributed by atoms with Crippen LogP contribution in [0.25, 0.3) is 0 Å². The summed E-state index contributed by atoms with van der Waals surface area (Å²) in [5, 5.41) is 8.22. The highest BCUT2D eigenvalue weighted by atomic mass is 32.2. The zero-order chi connectivity index (χ0) is 15.6. The van der Waals surface area contributed by atoms with Crippen LogP contribution in [-0.2, 0) is 10.5 Å². The highest BCUT2D eigenvalue weighted by Gasteiger charge is 2.59. The number of ether oxygens (including phenoxy) is 1.